The molecular weight excluding hydrogens is 98.1 g/mol. The average Bonchev–Trinajstić information content (AvgIpc) is 1.86. The van der Waals surface area contributed by atoms with E-state index >= 15 is 0 Å². The van der Waals surface area contributed by atoms with Gasteiger partial charge in [0.25, 0.3) is 0 Å². The maximum Gasteiger partial charge on any atom is 0.190 e. The quantitative estimate of drug-likeness (QED) is 0.525. The molecule has 0 aliphatic carbocycles. The molecule has 0 atom stereocenters. The summed E-state index contributed by atoms with van der Waals surface area (Å²) in [4.78, 5) is 0. The fourth-order valence-electron chi connectivity index (χ4n) is 0.209. The van der Waals surface area contributed by atoms with Gasteiger partial charge in [-0.2, -0.15) is 4.37 Å². The highest BCUT2D eigenvalue weighted by Crippen LogP contribution is 2.10. The van der Waals surface area contributed by atoms with Crippen molar-refractivity contribution in [2.24, 2.45) is 0 Å². The monoisotopic (exact) mass is 101 g/mol. The van der Waals surface area contributed by atoms with Crippen LogP contribution in [0.25, 0.3) is 0 Å². The van der Waals surface area contributed by atoms with Crippen LogP contribution in [0.2, 0.25) is 0 Å². The topological polar surface area (TPSA) is 33.1 Å². The van der Waals surface area contributed by atoms with Crippen molar-refractivity contribution in [1.29, 1.82) is 0 Å². The van der Waals surface area contributed by atoms with Crippen molar-refractivity contribution in [2.75, 3.05) is 0 Å². The molecule has 0 aliphatic rings. The van der Waals surface area contributed by atoms with Gasteiger partial charge >= 0.3 is 0 Å². The number of hydrogen-bond donors (Lipinski definition) is 1. The molecule has 0 bridgehead atoms. The lowest BCUT2D eigenvalue weighted by atomic mass is 10.7. The van der Waals surface area contributed by atoms with Gasteiger partial charge in [0.2, 0.25) is 0 Å². The molecule has 1 rings (SSSR count). The predicted molar refractivity (Wildman–Crippen MR) is 23.8 cm³/mol. The number of nitrogens with zero attached hydrogens (tertiary/aromatic N) is 1. The van der Waals surface area contributed by atoms with Crippen LogP contribution in [0.1, 0.15) is 0 Å². The zero-order valence-electron chi connectivity index (χ0n) is 2.96. The summed E-state index contributed by atoms with van der Waals surface area (Å²) in [6.45, 7) is 0. The van der Waals surface area contributed by atoms with Crippen LogP contribution in [-0.4, -0.2) is 9.48 Å². The van der Waals surface area contributed by atoms with Gasteiger partial charge < -0.3 is 5.11 Å². The van der Waals surface area contributed by atoms with Crippen molar-refractivity contribution in [1.82, 2.24) is 4.37 Å². The van der Waals surface area contributed by atoms with Gasteiger partial charge in [0.1, 0.15) is 0 Å². The normalized spacial score (nSPS) is 8.67. The first-order valence-electron chi connectivity index (χ1n) is 1.49. The summed E-state index contributed by atoms with van der Waals surface area (Å²) in [6, 6.07) is 1.55. The molecule has 1 aromatic rings. The van der Waals surface area contributed by atoms with E-state index in [4.69, 9.17) is 5.11 Å². The Labute approximate surface area is 39.2 Å². The SMILES string of the molecule is Oc1ccns1. The maximum absolute atomic E-state index is 8.43. The van der Waals surface area contributed by atoms with Gasteiger partial charge in [-0.3, -0.25) is 0 Å². The molecule has 0 saturated heterocycles. The summed E-state index contributed by atoms with van der Waals surface area (Å²) in [5, 5.41) is 8.70. The molecule has 1 heterocycles. The lowest BCUT2D eigenvalue weighted by molar-refractivity contribution is 0.491. The summed E-state index contributed by atoms with van der Waals surface area (Å²) in [5.41, 5.74) is 0. The molecule has 2 nitrogen and oxygen atoms in total. The minimum atomic E-state index is 0.273. The van der Waals surface area contributed by atoms with Crippen molar-refractivity contribution in [3.8, 4) is 5.06 Å². The summed E-state index contributed by atoms with van der Waals surface area (Å²) in [7, 11) is 0. The molecule has 0 aliphatic heterocycles. The molecule has 0 saturated carbocycles. The van der Waals surface area contributed by atoms with Gasteiger partial charge in [0.15, 0.2) is 5.06 Å². The van der Waals surface area contributed by atoms with Gasteiger partial charge in [-0.1, -0.05) is 0 Å². The second kappa shape index (κ2) is 1.26. The molecule has 3 heteroatoms. The molecule has 6 heavy (non-hydrogen) atoms. The van der Waals surface area contributed by atoms with E-state index in [1.807, 2.05) is 0 Å². The molecule has 32 valence electrons. The van der Waals surface area contributed by atoms with Crippen LogP contribution in [0.15, 0.2) is 12.3 Å². The zero-order valence-corrected chi connectivity index (χ0v) is 3.77. The molecule has 0 unspecified atom stereocenters. The van der Waals surface area contributed by atoms with Crippen molar-refractivity contribution in [2.45, 2.75) is 0 Å². The predicted octanol–water partition coefficient (Wildman–Crippen LogP) is 0.849. The molecule has 0 aromatic carbocycles. The molecular formula is C3H3NOS. The summed E-state index contributed by atoms with van der Waals surface area (Å²) in [5.74, 6) is 0. The van der Waals surface area contributed by atoms with E-state index in [0.29, 0.717) is 0 Å². The molecule has 1 aromatic heterocycles. The highest BCUT2D eigenvalue weighted by molar-refractivity contribution is 7.07. The Bertz CT molecular complexity index is 114. The first kappa shape index (κ1) is 3.61. The molecule has 0 amide bonds. The van der Waals surface area contributed by atoms with Crippen LogP contribution in [0.5, 0.6) is 5.06 Å². The molecule has 0 spiro atoms. The van der Waals surface area contributed by atoms with E-state index in [0.717, 1.165) is 11.5 Å². The molecule has 0 radical (unpaired) electrons. The highest BCUT2D eigenvalue weighted by Gasteiger charge is 1.79. The van der Waals surface area contributed by atoms with Crippen LogP contribution >= 0.6 is 11.5 Å². The lowest BCUT2D eigenvalue weighted by Crippen LogP contribution is -1.35. The van der Waals surface area contributed by atoms with Gasteiger partial charge in [-0.05, 0) is 0 Å². The fourth-order valence-corrected chi connectivity index (χ4v) is 0.560. The Hall–Kier alpha value is -0.570. The Kier molecular flexibility index (Phi) is 0.759. The van der Waals surface area contributed by atoms with Crippen molar-refractivity contribution >= 4 is 11.5 Å². The Balaban J connectivity index is 3.05. The van der Waals surface area contributed by atoms with Crippen LogP contribution in [-0.2, 0) is 0 Å². The standard InChI is InChI=1S/C3H3NOS/c5-3-1-2-4-6-3/h1-2,5H. The fraction of sp³-hybridized carbons (Fsp3) is 0. The number of rotatable bonds is 0. The third-order valence-corrected chi connectivity index (χ3v) is 0.974. The van der Waals surface area contributed by atoms with Gasteiger partial charge in [-0.15, -0.1) is 0 Å². The second-order valence-electron chi connectivity index (χ2n) is 0.851. The minimum absolute atomic E-state index is 0.273. The van der Waals surface area contributed by atoms with E-state index in [1.165, 1.54) is 0 Å². The van der Waals surface area contributed by atoms with Crippen molar-refractivity contribution < 1.29 is 5.11 Å². The van der Waals surface area contributed by atoms with Crippen LogP contribution in [0, 0.1) is 0 Å². The first-order valence-corrected chi connectivity index (χ1v) is 2.26. The van der Waals surface area contributed by atoms with E-state index in [2.05, 4.69) is 4.37 Å². The highest BCUT2D eigenvalue weighted by atomic mass is 32.1. The number of hydrogen-bond acceptors (Lipinski definition) is 3. The van der Waals surface area contributed by atoms with Crippen LogP contribution in [0.3, 0.4) is 0 Å². The summed E-state index contributed by atoms with van der Waals surface area (Å²) in [6.07, 6.45) is 1.56. The Morgan fingerprint density at radius 3 is 2.83 bits per heavy atom. The van der Waals surface area contributed by atoms with Crippen LogP contribution < -0.4 is 0 Å². The third-order valence-electron chi connectivity index (χ3n) is 0.424. The van der Waals surface area contributed by atoms with Crippen LogP contribution in [0.4, 0.5) is 0 Å². The Morgan fingerprint density at radius 2 is 2.67 bits per heavy atom. The maximum atomic E-state index is 8.43. The lowest BCUT2D eigenvalue weighted by Gasteiger charge is -1.65. The Morgan fingerprint density at radius 1 is 1.83 bits per heavy atom. The van der Waals surface area contributed by atoms with E-state index < -0.39 is 0 Å². The van der Waals surface area contributed by atoms with Gasteiger partial charge in [0, 0.05) is 23.8 Å². The second-order valence-corrected chi connectivity index (χ2v) is 1.66. The van der Waals surface area contributed by atoms with E-state index in [1.54, 1.807) is 12.3 Å². The first-order chi connectivity index (χ1) is 2.89. The number of aromatic hydroxyl groups is 1. The molecule has 0 fully saturated rings. The summed E-state index contributed by atoms with van der Waals surface area (Å²) >= 11 is 1.08. The smallest absolute Gasteiger partial charge is 0.190 e. The largest absolute Gasteiger partial charge is 0.498 e. The van der Waals surface area contributed by atoms with E-state index in [-0.39, 0.29) is 5.06 Å². The molecule has 1 N–H and O–H groups in total. The summed E-state index contributed by atoms with van der Waals surface area (Å²) < 4.78 is 3.61. The van der Waals surface area contributed by atoms with E-state index in [9.17, 15) is 0 Å². The van der Waals surface area contributed by atoms with Crippen molar-refractivity contribution in [3.05, 3.63) is 12.3 Å². The minimum Gasteiger partial charge on any atom is -0.498 e. The van der Waals surface area contributed by atoms with Gasteiger partial charge in [-0.25, -0.2) is 0 Å². The van der Waals surface area contributed by atoms with Gasteiger partial charge in [0.05, 0.1) is 0 Å². The van der Waals surface area contributed by atoms with Crippen molar-refractivity contribution in [3.63, 3.8) is 0 Å². The third kappa shape index (κ3) is 0.490. The zero-order chi connectivity index (χ0) is 4.41. The average molecular weight is 101 g/mol. The number of aromatic nitrogens is 1.